The lowest BCUT2D eigenvalue weighted by Gasteiger charge is -2.24. The first-order valence-corrected chi connectivity index (χ1v) is 11.0. The van der Waals surface area contributed by atoms with E-state index in [9.17, 15) is 29.1 Å². The Hall–Kier alpha value is -2.38. The standard InChI is InChI=1S/C19H36N6O6S/c1-10(2)7-13(19(30)31)24-17(28)12(8-15(22)26)23-18(29)14(9-32)25-16(27)11(21)5-3-4-6-20/h10-14,32H,3-9,20-21H2,1-2H3,(H2,22,26)(H,23,29)(H,24,28)(H,25,27)(H,30,31). The molecule has 12 nitrogen and oxygen atoms in total. The number of thiol groups is 1. The van der Waals surface area contributed by atoms with Gasteiger partial charge in [-0.1, -0.05) is 20.3 Å². The molecule has 184 valence electrons. The molecule has 0 saturated heterocycles. The highest BCUT2D eigenvalue weighted by atomic mass is 32.1. The van der Waals surface area contributed by atoms with Crippen LogP contribution < -0.4 is 33.2 Å². The molecule has 0 aliphatic rings. The molecule has 0 rings (SSSR count). The molecule has 32 heavy (non-hydrogen) atoms. The topological polar surface area (TPSA) is 220 Å². The molecule has 0 aliphatic carbocycles. The van der Waals surface area contributed by atoms with Crippen LogP contribution in [0.1, 0.15) is 46.0 Å². The summed E-state index contributed by atoms with van der Waals surface area (Å²) in [5, 5.41) is 16.4. The van der Waals surface area contributed by atoms with E-state index in [-0.39, 0.29) is 18.1 Å². The molecule has 0 heterocycles. The fourth-order valence-electron chi connectivity index (χ4n) is 2.76. The highest BCUT2D eigenvalue weighted by Gasteiger charge is 2.31. The van der Waals surface area contributed by atoms with Gasteiger partial charge in [-0.25, -0.2) is 4.79 Å². The summed E-state index contributed by atoms with van der Waals surface area (Å²) >= 11 is 4.04. The normalized spacial score (nSPS) is 14.7. The first-order valence-electron chi connectivity index (χ1n) is 10.4. The molecule has 0 aromatic carbocycles. The smallest absolute Gasteiger partial charge is 0.326 e. The number of amides is 4. The number of hydrogen-bond acceptors (Lipinski definition) is 8. The van der Waals surface area contributed by atoms with Crippen molar-refractivity contribution in [3.05, 3.63) is 0 Å². The van der Waals surface area contributed by atoms with E-state index < -0.39 is 60.2 Å². The van der Waals surface area contributed by atoms with Crippen LogP contribution in [0.25, 0.3) is 0 Å². The van der Waals surface area contributed by atoms with Crippen LogP contribution in [0, 0.1) is 5.92 Å². The number of primary amides is 1. The summed E-state index contributed by atoms with van der Waals surface area (Å²) in [6.07, 6.45) is 1.32. The molecule has 0 radical (unpaired) electrons. The minimum Gasteiger partial charge on any atom is -0.480 e. The van der Waals surface area contributed by atoms with Gasteiger partial charge in [-0.2, -0.15) is 12.6 Å². The van der Waals surface area contributed by atoms with Crippen LogP contribution in [0.4, 0.5) is 0 Å². The quantitative estimate of drug-likeness (QED) is 0.0902. The number of nitrogens with one attached hydrogen (secondary N) is 3. The van der Waals surface area contributed by atoms with E-state index in [0.717, 1.165) is 0 Å². The van der Waals surface area contributed by atoms with Gasteiger partial charge < -0.3 is 38.3 Å². The molecule has 0 bridgehead atoms. The average Bonchev–Trinajstić information content (AvgIpc) is 2.69. The maximum Gasteiger partial charge on any atom is 0.326 e. The molecule has 0 aromatic rings. The molecule has 0 saturated carbocycles. The van der Waals surface area contributed by atoms with Gasteiger partial charge >= 0.3 is 5.97 Å². The number of unbranched alkanes of at least 4 members (excludes halogenated alkanes) is 1. The first kappa shape index (κ1) is 29.6. The second kappa shape index (κ2) is 15.4. The molecule has 4 amide bonds. The van der Waals surface area contributed by atoms with Gasteiger partial charge in [-0.05, 0) is 31.7 Å². The third kappa shape index (κ3) is 11.9. The highest BCUT2D eigenvalue weighted by Crippen LogP contribution is 2.06. The predicted molar refractivity (Wildman–Crippen MR) is 121 cm³/mol. The van der Waals surface area contributed by atoms with Gasteiger partial charge in [0.25, 0.3) is 0 Å². The number of nitrogens with two attached hydrogens (primary N) is 3. The molecule has 0 aromatic heterocycles. The number of carboxylic acid groups (broad SMARTS) is 1. The van der Waals surface area contributed by atoms with Gasteiger partial charge in [0.2, 0.25) is 23.6 Å². The summed E-state index contributed by atoms with van der Waals surface area (Å²) in [4.78, 5) is 60.2. The van der Waals surface area contributed by atoms with E-state index in [1.807, 2.05) is 0 Å². The predicted octanol–water partition coefficient (Wildman–Crippen LogP) is -2.17. The lowest BCUT2D eigenvalue weighted by atomic mass is 10.0. The van der Waals surface area contributed by atoms with Crippen molar-refractivity contribution in [1.29, 1.82) is 0 Å². The number of carboxylic acids is 1. The SMILES string of the molecule is CC(C)CC(NC(=O)C(CC(N)=O)NC(=O)C(CS)NC(=O)C(N)CCCCN)C(=O)O. The maximum absolute atomic E-state index is 12.6. The Balaban J connectivity index is 5.19. The number of rotatable bonds is 16. The van der Waals surface area contributed by atoms with E-state index in [2.05, 4.69) is 28.6 Å². The van der Waals surface area contributed by atoms with Crippen molar-refractivity contribution in [1.82, 2.24) is 16.0 Å². The van der Waals surface area contributed by atoms with E-state index in [1.54, 1.807) is 13.8 Å². The van der Waals surface area contributed by atoms with E-state index in [1.165, 1.54) is 0 Å². The van der Waals surface area contributed by atoms with Crippen LogP contribution in [0.2, 0.25) is 0 Å². The lowest BCUT2D eigenvalue weighted by Crippen LogP contribution is -2.58. The van der Waals surface area contributed by atoms with Gasteiger partial charge in [0.15, 0.2) is 0 Å². The monoisotopic (exact) mass is 476 g/mol. The molecule has 4 unspecified atom stereocenters. The van der Waals surface area contributed by atoms with Gasteiger partial charge in [0.1, 0.15) is 18.1 Å². The Kier molecular flexibility index (Phi) is 14.3. The summed E-state index contributed by atoms with van der Waals surface area (Å²) in [6.45, 7) is 4.04. The zero-order valence-corrected chi connectivity index (χ0v) is 19.4. The second-order valence-corrected chi connectivity index (χ2v) is 8.26. The van der Waals surface area contributed by atoms with Gasteiger partial charge in [-0.3, -0.25) is 19.2 Å². The Morgan fingerprint density at radius 3 is 1.91 bits per heavy atom. The van der Waals surface area contributed by atoms with Crippen molar-refractivity contribution in [2.24, 2.45) is 23.1 Å². The summed E-state index contributed by atoms with van der Waals surface area (Å²) in [5.41, 5.74) is 16.4. The summed E-state index contributed by atoms with van der Waals surface area (Å²) in [5.74, 6) is -4.51. The summed E-state index contributed by atoms with van der Waals surface area (Å²) in [7, 11) is 0. The second-order valence-electron chi connectivity index (χ2n) is 7.90. The molecule has 10 N–H and O–H groups in total. The van der Waals surface area contributed by atoms with Crippen LogP contribution in [0.15, 0.2) is 0 Å². The number of carbonyl (C=O) groups excluding carboxylic acids is 4. The fraction of sp³-hybridized carbons (Fsp3) is 0.737. The van der Waals surface area contributed by atoms with Crippen LogP contribution in [-0.4, -0.2) is 71.2 Å². The Bertz CT molecular complexity index is 662. The zero-order chi connectivity index (χ0) is 24.8. The number of aliphatic carboxylic acids is 1. The lowest BCUT2D eigenvalue weighted by molar-refractivity contribution is -0.143. The molecule has 4 atom stereocenters. The Morgan fingerprint density at radius 2 is 1.44 bits per heavy atom. The summed E-state index contributed by atoms with van der Waals surface area (Å²) in [6, 6.07) is -4.62. The Morgan fingerprint density at radius 1 is 0.906 bits per heavy atom. The van der Waals surface area contributed by atoms with Gasteiger partial charge in [-0.15, -0.1) is 0 Å². The maximum atomic E-state index is 12.6. The van der Waals surface area contributed by atoms with Crippen molar-refractivity contribution >= 4 is 42.2 Å². The van der Waals surface area contributed by atoms with Crippen molar-refractivity contribution in [2.45, 2.75) is 70.1 Å². The molecular formula is C19H36N6O6S. The fourth-order valence-corrected chi connectivity index (χ4v) is 3.02. The molecule has 0 aliphatic heterocycles. The van der Waals surface area contributed by atoms with Crippen molar-refractivity contribution in [3.63, 3.8) is 0 Å². The molecule has 13 heteroatoms. The van der Waals surface area contributed by atoms with Crippen molar-refractivity contribution in [3.8, 4) is 0 Å². The number of carbonyl (C=O) groups is 5. The van der Waals surface area contributed by atoms with Crippen molar-refractivity contribution in [2.75, 3.05) is 12.3 Å². The molecule has 0 fully saturated rings. The van der Waals surface area contributed by atoms with Crippen LogP contribution >= 0.6 is 12.6 Å². The van der Waals surface area contributed by atoms with Gasteiger partial charge in [0.05, 0.1) is 12.5 Å². The molecule has 0 spiro atoms. The summed E-state index contributed by atoms with van der Waals surface area (Å²) < 4.78 is 0. The largest absolute Gasteiger partial charge is 0.480 e. The third-order valence-corrected chi connectivity index (χ3v) is 4.85. The molecular weight excluding hydrogens is 440 g/mol. The van der Waals surface area contributed by atoms with Crippen LogP contribution in [-0.2, 0) is 24.0 Å². The minimum atomic E-state index is -1.42. The minimum absolute atomic E-state index is 0.0292. The van der Waals surface area contributed by atoms with Crippen molar-refractivity contribution < 1.29 is 29.1 Å². The average molecular weight is 477 g/mol. The Labute approximate surface area is 193 Å². The van der Waals surface area contributed by atoms with E-state index >= 15 is 0 Å². The first-order chi connectivity index (χ1) is 14.9. The van der Waals surface area contributed by atoms with Crippen LogP contribution in [0.5, 0.6) is 0 Å². The van der Waals surface area contributed by atoms with Gasteiger partial charge in [0, 0.05) is 5.75 Å². The van der Waals surface area contributed by atoms with E-state index in [4.69, 9.17) is 17.2 Å². The van der Waals surface area contributed by atoms with E-state index in [0.29, 0.717) is 25.8 Å². The van der Waals surface area contributed by atoms with Crippen LogP contribution in [0.3, 0.4) is 0 Å². The highest BCUT2D eigenvalue weighted by molar-refractivity contribution is 7.80. The number of hydrogen-bond donors (Lipinski definition) is 8. The zero-order valence-electron chi connectivity index (χ0n) is 18.5. The third-order valence-electron chi connectivity index (χ3n) is 4.48.